The molecule has 0 saturated carbocycles. The van der Waals surface area contributed by atoms with Crippen LogP contribution in [0.4, 0.5) is 11.4 Å². The standard InChI is InChI=1S/C28H28N2O6S2/c1-35-24-15-14-20(38(33,34)29-16-8-2-3-9-17-29)18-21(24)28(32)36-19-27(31)30-22-10-4-6-12-25(22)37-26-13-7-5-11-23(26)30/h4-7,10-15,18H,2-3,8-9,16-17,19H2,1H3. The van der Waals surface area contributed by atoms with Crippen LogP contribution in [-0.4, -0.2) is 51.4 Å². The molecule has 0 aromatic heterocycles. The zero-order valence-electron chi connectivity index (χ0n) is 21.0. The molecule has 38 heavy (non-hydrogen) atoms. The molecule has 0 spiro atoms. The van der Waals surface area contributed by atoms with Crippen LogP contribution in [0.15, 0.2) is 81.4 Å². The molecule has 8 nitrogen and oxygen atoms in total. The van der Waals surface area contributed by atoms with E-state index < -0.39 is 28.5 Å². The van der Waals surface area contributed by atoms with Crippen LogP contribution in [0.5, 0.6) is 5.75 Å². The summed E-state index contributed by atoms with van der Waals surface area (Å²) in [7, 11) is -2.40. The van der Waals surface area contributed by atoms with Gasteiger partial charge in [0.25, 0.3) is 5.91 Å². The SMILES string of the molecule is COc1ccc(S(=O)(=O)N2CCCCCC2)cc1C(=O)OCC(=O)N1c2ccccc2Sc2ccccc21. The van der Waals surface area contributed by atoms with Gasteiger partial charge in [-0.2, -0.15) is 4.31 Å². The smallest absolute Gasteiger partial charge is 0.342 e. The van der Waals surface area contributed by atoms with E-state index >= 15 is 0 Å². The Hall–Kier alpha value is -3.34. The lowest BCUT2D eigenvalue weighted by Crippen LogP contribution is -2.33. The lowest BCUT2D eigenvalue weighted by Gasteiger charge is -2.30. The molecule has 0 N–H and O–H groups in total. The maximum absolute atomic E-state index is 13.4. The summed E-state index contributed by atoms with van der Waals surface area (Å²) in [6.45, 7) is 0.359. The Kier molecular flexibility index (Phi) is 7.73. The van der Waals surface area contributed by atoms with Crippen molar-refractivity contribution in [2.45, 2.75) is 40.4 Å². The van der Waals surface area contributed by atoms with Crippen molar-refractivity contribution < 1.29 is 27.5 Å². The van der Waals surface area contributed by atoms with Crippen LogP contribution in [0.2, 0.25) is 0 Å². The van der Waals surface area contributed by atoms with Gasteiger partial charge in [-0.15, -0.1) is 0 Å². The first-order valence-electron chi connectivity index (χ1n) is 12.4. The van der Waals surface area contributed by atoms with Crippen LogP contribution in [0.1, 0.15) is 36.0 Å². The molecule has 0 atom stereocenters. The van der Waals surface area contributed by atoms with E-state index in [0.29, 0.717) is 24.5 Å². The summed E-state index contributed by atoms with van der Waals surface area (Å²) >= 11 is 1.57. The van der Waals surface area contributed by atoms with E-state index in [1.807, 2.05) is 48.5 Å². The van der Waals surface area contributed by atoms with Crippen molar-refractivity contribution in [2.24, 2.45) is 0 Å². The minimum Gasteiger partial charge on any atom is -0.496 e. The highest BCUT2D eigenvalue weighted by Crippen LogP contribution is 2.47. The predicted molar refractivity (Wildman–Crippen MR) is 145 cm³/mol. The van der Waals surface area contributed by atoms with Crippen LogP contribution >= 0.6 is 11.8 Å². The summed E-state index contributed by atoms with van der Waals surface area (Å²) in [5.74, 6) is -1.09. The molecule has 2 heterocycles. The molecule has 3 aromatic carbocycles. The Morgan fingerprint density at radius 1 is 0.868 bits per heavy atom. The van der Waals surface area contributed by atoms with Crippen molar-refractivity contribution in [1.82, 2.24) is 4.31 Å². The third-order valence-electron chi connectivity index (χ3n) is 6.60. The maximum atomic E-state index is 13.4. The van der Waals surface area contributed by atoms with E-state index in [-0.39, 0.29) is 16.2 Å². The van der Waals surface area contributed by atoms with Gasteiger partial charge in [-0.1, -0.05) is 48.9 Å². The Bertz CT molecular complexity index is 1420. The van der Waals surface area contributed by atoms with E-state index in [1.165, 1.54) is 29.6 Å². The molecule has 1 saturated heterocycles. The number of carbonyl (C=O) groups excluding carboxylic acids is 2. The number of para-hydroxylation sites is 2. The summed E-state index contributed by atoms with van der Waals surface area (Å²) in [5.41, 5.74) is 1.37. The average Bonchev–Trinajstić information content (AvgIpc) is 3.24. The minimum absolute atomic E-state index is 0.00520. The molecule has 0 radical (unpaired) electrons. The Balaban J connectivity index is 1.37. The van der Waals surface area contributed by atoms with Gasteiger partial charge in [-0.3, -0.25) is 9.69 Å². The number of sulfonamides is 1. The monoisotopic (exact) mass is 552 g/mol. The number of methoxy groups -OCH3 is 1. The number of anilines is 2. The van der Waals surface area contributed by atoms with E-state index in [4.69, 9.17) is 9.47 Å². The minimum atomic E-state index is -3.79. The maximum Gasteiger partial charge on any atom is 0.342 e. The molecule has 5 rings (SSSR count). The zero-order chi connectivity index (χ0) is 26.7. The normalized spacial score (nSPS) is 15.7. The number of fused-ring (bicyclic) bond motifs is 2. The van der Waals surface area contributed by atoms with Gasteiger partial charge in [-0.25, -0.2) is 13.2 Å². The van der Waals surface area contributed by atoms with Crippen molar-refractivity contribution in [2.75, 3.05) is 31.7 Å². The molecular weight excluding hydrogens is 524 g/mol. The topological polar surface area (TPSA) is 93.2 Å². The first kappa shape index (κ1) is 26.3. The van der Waals surface area contributed by atoms with Gasteiger partial charge in [0, 0.05) is 22.9 Å². The number of hydrogen-bond acceptors (Lipinski definition) is 7. The lowest BCUT2D eigenvalue weighted by atomic mass is 10.2. The van der Waals surface area contributed by atoms with Crippen molar-refractivity contribution in [1.29, 1.82) is 0 Å². The van der Waals surface area contributed by atoms with E-state index in [2.05, 4.69) is 0 Å². The highest BCUT2D eigenvalue weighted by atomic mass is 32.2. The number of carbonyl (C=O) groups is 2. The summed E-state index contributed by atoms with van der Waals surface area (Å²) in [6.07, 6.45) is 3.58. The molecule has 2 aliphatic rings. The van der Waals surface area contributed by atoms with Gasteiger partial charge < -0.3 is 9.47 Å². The van der Waals surface area contributed by atoms with Gasteiger partial charge >= 0.3 is 5.97 Å². The number of amides is 1. The molecular formula is C28H28N2O6S2. The molecule has 198 valence electrons. The second kappa shape index (κ2) is 11.2. The predicted octanol–water partition coefficient (Wildman–Crippen LogP) is 5.25. The molecule has 0 bridgehead atoms. The van der Waals surface area contributed by atoms with Gasteiger partial charge in [0.2, 0.25) is 10.0 Å². The molecule has 3 aromatic rings. The largest absolute Gasteiger partial charge is 0.496 e. The van der Waals surface area contributed by atoms with Crippen LogP contribution in [0, 0.1) is 0 Å². The highest BCUT2D eigenvalue weighted by molar-refractivity contribution is 7.99. The summed E-state index contributed by atoms with van der Waals surface area (Å²) in [4.78, 5) is 29.9. The van der Waals surface area contributed by atoms with Crippen molar-refractivity contribution >= 4 is 45.0 Å². The molecule has 10 heteroatoms. The van der Waals surface area contributed by atoms with E-state index in [1.54, 1.807) is 16.7 Å². The van der Waals surface area contributed by atoms with E-state index in [9.17, 15) is 18.0 Å². The Morgan fingerprint density at radius 3 is 2.08 bits per heavy atom. The van der Waals surface area contributed by atoms with Crippen molar-refractivity contribution in [3.8, 4) is 5.75 Å². The van der Waals surface area contributed by atoms with Crippen molar-refractivity contribution in [3.63, 3.8) is 0 Å². The van der Waals surface area contributed by atoms with E-state index in [0.717, 1.165) is 35.5 Å². The zero-order valence-corrected chi connectivity index (χ0v) is 22.6. The molecule has 1 amide bonds. The van der Waals surface area contributed by atoms with Crippen LogP contribution in [-0.2, 0) is 19.6 Å². The van der Waals surface area contributed by atoms with Crippen molar-refractivity contribution in [3.05, 3.63) is 72.3 Å². The Labute approximate surface area is 226 Å². The third-order valence-corrected chi connectivity index (χ3v) is 9.63. The molecule has 0 unspecified atom stereocenters. The summed E-state index contributed by atoms with van der Waals surface area (Å²) < 4.78 is 38.8. The lowest BCUT2D eigenvalue weighted by molar-refractivity contribution is -0.121. The van der Waals surface area contributed by atoms with Gasteiger partial charge in [-0.05, 0) is 55.3 Å². The summed E-state index contributed by atoms with van der Waals surface area (Å²) in [6, 6.07) is 19.2. The van der Waals surface area contributed by atoms with Gasteiger partial charge in [0.1, 0.15) is 11.3 Å². The average molecular weight is 553 g/mol. The van der Waals surface area contributed by atoms with Gasteiger partial charge in [0.15, 0.2) is 6.61 Å². The number of esters is 1. The first-order chi connectivity index (χ1) is 18.4. The number of ether oxygens (including phenoxy) is 2. The third kappa shape index (κ3) is 5.16. The highest BCUT2D eigenvalue weighted by Gasteiger charge is 2.30. The number of hydrogen-bond donors (Lipinski definition) is 0. The second-order valence-corrected chi connectivity index (χ2v) is 12.0. The fraction of sp³-hybridized carbons (Fsp3) is 0.286. The van der Waals surface area contributed by atoms with Crippen LogP contribution < -0.4 is 9.64 Å². The molecule has 2 aliphatic heterocycles. The molecule has 1 fully saturated rings. The fourth-order valence-corrected chi connectivity index (χ4v) is 7.28. The van der Waals surface area contributed by atoms with Crippen LogP contribution in [0.3, 0.4) is 0 Å². The Morgan fingerprint density at radius 2 is 1.47 bits per heavy atom. The quantitative estimate of drug-likeness (QED) is 0.386. The summed E-state index contributed by atoms with van der Waals surface area (Å²) in [5, 5.41) is 0. The van der Waals surface area contributed by atoms with Gasteiger partial charge in [0.05, 0.1) is 23.4 Å². The van der Waals surface area contributed by atoms with Crippen LogP contribution in [0.25, 0.3) is 0 Å². The first-order valence-corrected chi connectivity index (χ1v) is 14.7. The number of nitrogens with zero attached hydrogens (tertiary/aromatic N) is 2. The second-order valence-electron chi connectivity index (χ2n) is 9.02. The number of rotatable bonds is 6. The molecule has 0 aliphatic carbocycles. The number of benzene rings is 3. The fourth-order valence-electron chi connectivity index (χ4n) is 4.68.